The Balaban J connectivity index is 2.39. The van der Waals surface area contributed by atoms with Crippen LogP contribution in [-0.2, 0) is 10.0 Å². The minimum absolute atomic E-state index is 0.0513. The van der Waals surface area contributed by atoms with E-state index < -0.39 is 26.6 Å². The SMILES string of the molecule is CCN(CC1CC1)C(=O)c1cc(S(N)(=O)=O)c(F)cc1Cl. The Hall–Kier alpha value is -1.18. The molecule has 0 atom stereocenters. The first-order valence-corrected chi connectivity index (χ1v) is 8.47. The molecular formula is C13H16ClFN2O3S. The molecule has 0 saturated heterocycles. The number of nitrogens with two attached hydrogens (primary N) is 1. The molecule has 2 rings (SSSR count). The average Bonchev–Trinajstić information content (AvgIpc) is 3.17. The van der Waals surface area contributed by atoms with E-state index in [0.29, 0.717) is 19.0 Å². The molecule has 116 valence electrons. The summed E-state index contributed by atoms with van der Waals surface area (Å²) in [5.74, 6) is -1.01. The van der Waals surface area contributed by atoms with Crippen molar-refractivity contribution in [2.75, 3.05) is 13.1 Å². The number of halogens is 2. The zero-order valence-corrected chi connectivity index (χ0v) is 13.0. The first-order chi connectivity index (χ1) is 9.74. The highest BCUT2D eigenvalue weighted by molar-refractivity contribution is 7.89. The molecule has 0 radical (unpaired) electrons. The molecule has 5 nitrogen and oxygen atoms in total. The van der Waals surface area contributed by atoms with E-state index in [1.165, 1.54) is 0 Å². The van der Waals surface area contributed by atoms with Crippen LogP contribution in [0.2, 0.25) is 5.02 Å². The van der Waals surface area contributed by atoms with Crippen molar-refractivity contribution in [3.63, 3.8) is 0 Å². The molecule has 1 aliphatic carbocycles. The van der Waals surface area contributed by atoms with Gasteiger partial charge in [-0.15, -0.1) is 0 Å². The Labute approximate surface area is 127 Å². The highest BCUT2D eigenvalue weighted by Gasteiger charge is 2.28. The maximum atomic E-state index is 13.6. The number of hydrogen-bond acceptors (Lipinski definition) is 3. The zero-order valence-electron chi connectivity index (χ0n) is 11.5. The van der Waals surface area contributed by atoms with E-state index in [1.54, 1.807) is 4.90 Å². The van der Waals surface area contributed by atoms with Gasteiger partial charge >= 0.3 is 0 Å². The average molecular weight is 335 g/mol. The smallest absolute Gasteiger partial charge is 0.255 e. The van der Waals surface area contributed by atoms with Crippen molar-refractivity contribution in [1.82, 2.24) is 4.90 Å². The highest BCUT2D eigenvalue weighted by Crippen LogP contribution is 2.31. The van der Waals surface area contributed by atoms with Crippen molar-refractivity contribution >= 4 is 27.5 Å². The van der Waals surface area contributed by atoms with Crippen LogP contribution in [-0.4, -0.2) is 32.3 Å². The third-order valence-electron chi connectivity index (χ3n) is 3.40. The summed E-state index contributed by atoms with van der Waals surface area (Å²) in [6.45, 7) is 2.87. The van der Waals surface area contributed by atoms with Gasteiger partial charge in [-0.25, -0.2) is 17.9 Å². The Morgan fingerprint density at radius 1 is 1.48 bits per heavy atom. The van der Waals surface area contributed by atoms with Crippen LogP contribution >= 0.6 is 11.6 Å². The number of rotatable bonds is 5. The molecule has 0 heterocycles. The molecule has 0 aliphatic heterocycles. The van der Waals surface area contributed by atoms with Crippen LogP contribution in [0.1, 0.15) is 30.1 Å². The number of carbonyl (C=O) groups is 1. The molecular weight excluding hydrogens is 319 g/mol. The van der Waals surface area contributed by atoms with Gasteiger partial charge in [-0.1, -0.05) is 11.6 Å². The molecule has 2 N–H and O–H groups in total. The number of amides is 1. The molecule has 1 aromatic rings. The van der Waals surface area contributed by atoms with Gasteiger partial charge in [0.2, 0.25) is 10.0 Å². The van der Waals surface area contributed by atoms with Crippen molar-refractivity contribution < 1.29 is 17.6 Å². The number of sulfonamides is 1. The summed E-state index contributed by atoms with van der Waals surface area (Å²) < 4.78 is 36.3. The number of hydrogen-bond donors (Lipinski definition) is 1. The van der Waals surface area contributed by atoms with Crippen LogP contribution in [0.25, 0.3) is 0 Å². The van der Waals surface area contributed by atoms with Gasteiger partial charge in [0.05, 0.1) is 10.6 Å². The van der Waals surface area contributed by atoms with E-state index in [-0.39, 0.29) is 10.6 Å². The van der Waals surface area contributed by atoms with E-state index in [4.69, 9.17) is 16.7 Å². The lowest BCUT2D eigenvalue weighted by Crippen LogP contribution is -2.33. The van der Waals surface area contributed by atoms with Crippen molar-refractivity contribution in [1.29, 1.82) is 0 Å². The maximum absolute atomic E-state index is 13.6. The predicted molar refractivity (Wildman–Crippen MR) is 77.1 cm³/mol. The van der Waals surface area contributed by atoms with Crippen molar-refractivity contribution in [2.24, 2.45) is 11.1 Å². The van der Waals surface area contributed by atoms with Crippen LogP contribution in [0.4, 0.5) is 4.39 Å². The third-order valence-corrected chi connectivity index (χ3v) is 4.64. The molecule has 1 fully saturated rings. The topological polar surface area (TPSA) is 80.5 Å². The van der Waals surface area contributed by atoms with E-state index in [9.17, 15) is 17.6 Å². The highest BCUT2D eigenvalue weighted by atomic mass is 35.5. The Morgan fingerprint density at radius 3 is 2.57 bits per heavy atom. The normalized spacial score (nSPS) is 15.0. The van der Waals surface area contributed by atoms with E-state index in [2.05, 4.69) is 0 Å². The number of benzene rings is 1. The predicted octanol–water partition coefficient (Wildman–Crippen LogP) is 2.00. The van der Waals surface area contributed by atoms with Gasteiger partial charge in [-0.3, -0.25) is 4.79 Å². The second-order valence-electron chi connectivity index (χ2n) is 5.09. The van der Waals surface area contributed by atoms with E-state index in [0.717, 1.165) is 25.0 Å². The van der Waals surface area contributed by atoms with Crippen LogP contribution in [0.3, 0.4) is 0 Å². The van der Waals surface area contributed by atoms with Gasteiger partial charge < -0.3 is 4.90 Å². The molecule has 21 heavy (non-hydrogen) atoms. The fourth-order valence-electron chi connectivity index (χ4n) is 2.05. The van der Waals surface area contributed by atoms with Gasteiger partial charge in [0.1, 0.15) is 10.7 Å². The number of primary sulfonamides is 1. The largest absolute Gasteiger partial charge is 0.339 e. The van der Waals surface area contributed by atoms with Crippen LogP contribution in [0, 0.1) is 11.7 Å². The molecule has 0 bridgehead atoms. The minimum Gasteiger partial charge on any atom is -0.339 e. The number of nitrogens with zero attached hydrogens (tertiary/aromatic N) is 1. The van der Waals surface area contributed by atoms with Crippen molar-refractivity contribution in [2.45, 2.75) is 24.7 Å². The fraction of sp³-hybridized carbons (Fsp3) is 0.462. The van der Waals surface area contributed by atoms with Crippen LogP contribution in [0.15, 0.2) is 17.0 Å². The zero-order chi connectivity index (χ0) is 15.8. The molecule has 1 aliphatic rings. The van der Waals surface area contributed by atoms with Crippen molar-refractivity contribution in [3.05, 3.63) is 28.5 Å². The monoisotopic (exact) mass is 334 g/mol. The van der Waals surface area contributed by atoms with Crippen LogP contribution < -0.4 is 5.14 Å². The summed E-state index contributed by atoms with van der Waals surface area (Å²) in [4.78, 5) is 13.3. The quantitative estimate of drug-likeness (QED) is 0.894. The maximum Gasteiger partial charge on any atom is 0.255 e. The van der Waals surface area contributed by atoms with E-state index >= 15 is 0 Å². The lowest BCUT2D eigenvalue weighted by molar-refractivity contribution is 0.0756. The third kappa shape index (κ3) is 3.72. The molecule has 1 aromatic carbocycles. The Morgan fingerprint density at radius 2 is 2.10 bits per heavy atom. The molecule has 0 spiro atoms. The molecule has 8 heteroatoms. The fourth-order valence-corrected chi connectivity index (χ4v) is 2.89. The van der Waals surface area contributed by atoms with Gasteiger partial charge in [-0.2, -0.15) is 0 Å². The number of carbonyl (C=O) groups excluding carboxylic acids is 1. The van der Waals surface area contributed by atoms with Gasteiger partial charge in [-0.05, 0) is 37.8 Å². The molecule has 1 amide bonds. The lowest BCUT2D eigenvalue weighted by atomic mass is 10.2. The molecule has 1 saturated carbocycles. The van der Waals surface area contributed by atoms with Crippen LogP contribution in [0.5, 0.6) is 0 Å². The summed E-state index contributed by atoms with van der Waals surface area (Å²) >= 11 is 5.88. The van der Waals surface area contributed by atoms with E-state index in [1.807, 2.05) is 6.92 Å². The standard InChI is InChI=1S/C13H16ClFN2O3S/c1-2-17(7-8-3-4-8)13(18)9-5-12(21(16,19)20)11(15)6-10(9)14/h5-6,8H,2-4,7H2,1H3,(H2,16,19,20). The summed E-state index contributed by atoms with van der Waals surface area (Å²) in [5, 5.41) is 4.81. The Kier molecular flexibility index (Phi) is 4.55. The summed E-state index contributed by atoms with van der Waals surface area (Å²) in [6, 6.07) is 1.71. The summed E-state index contributed by atoms with van der Waals surface area (Å²) in [5.41, 5.74) is -0.0513. The van der Waals surface area contributed by atoms with Gasteiger partial charge in [0.25, 0.3) is 5.91 Å². The molecule has 0 aromatic heterocycles. The lowest BCUT2D eigenvalue weighted by Gasteiger charge is -2.21. The van der Waals surface area contributed by atoms with Crippen molar-refractivity contribution in [3.8, 4) is 0 Å². The van der Waals surface area contributed by atoms with Gasteiger partial charge in [0.15, 0.2) is 0 Å². The first-order valence-electron chi connectivity index (χ1n) is 6.55. The van der Waals surface area contributed by atoms with Gasteiger partial charge in [0, 0.05) is 13.1 Å². The second-order valence-corrected chi connectivity index (χ2v) is 7.03. The summed E-state index contributed by atoms with van der Waals surface area (Å²) in [7, 11) is -4.25. The minimum atomic E-state index is -4.25. The first kappa shape index (κ1) is 16.2. The Bertz CT molecular complexity index is 674. The summed E-state index contributed by atoms with van der Waals surface area (Å²) in [6.07, 6.45) is 2.15. The second kappa shape index (κ2) is 5.90. The molecule has 0 unspecified atom stereocenters.